The summed E-state index contributed by atoms with van der Waals surface area (Å²) >= 11 is 0. The summed E-state index contributed by atoms with van der Waals surface area (Å²) in [6.45, 7) is 2.97. The number of hydrogen-bond acceptors (Lipinski definition) is 7. The van der Waals surface area contributed by atoms with Crippen molar-refractivity contribution >= 4 is 23.3 Å². The quantitative estimate of drug-likeness (QED) is 0.387. The van der Waals surface area contributed by atoms with E-state index in [4.69, 9.17) is 26.6 Å². The van der Waals surface area contributed by atoms with Crippen LogP contribution in [0, 0.1) is 0 Å². The van der Waals surface area contributed by atoms with Crippen LogP contribution in [0.1, 0.15) is 19.8 Å². The second-order valence-corrected chi connectivity index (χ2v) is 11.9. The lowest BCUT2D eigenvalue weighted by molar-refractivity contribution is 0.123. The van der Waals surface area contributed by atoms with E-state index in [1.54, 1.807) is 42.7 Å². The van der Waals surface area contributed by atoms with Crippen molar-refractivity contribution in [1.82, 2.24) is 0 Å². The van der Waals surface area contributed by atoms with Crippen molar-refractivity contribution in [3.05, 3.63) is 30.3 Å². The summed E-state index contributed by atoms with van der Waals surface area (Å²) in [5, 5.41) is 3.35. The number of benzene rings is 1. The predicted octanol–water partition coefficient (Wildman–Crippen LogP) is 3.64. The normalized spacial score (nSPS) is 11.7. The highest BCUT2D eigenvalue weighted by molar-refractivity contribution is 6.60. The topological polar surface area (TPSA) is 67.4 Å². The van der Waals surface area contributed by atoms with E-state index in [0.29, 0.717) is 0 Å². The van der Waals surface area contributed by atoms with Gasteiger partial charge in [0.1, 0.15) is 0 Å². The highest BCUT2D eigenvalue weighted by Gasteiger charge is 2.37. The molecule has 0 unspecified atom stereocenters. The van der Waals surface area contributed by atoms with E-state index < -0.39 is 17.6 Å². The largest absolute Gasteiger partial charge is 0.500 e. The molecule has 1 aromatic rings. The van der Waals surface area contributed by atoms with Gasteiger partial charge in [-0.05, 0) is 18.6 Å². The van der Waals surface area contributed by atoms with Crippen molar-refractivity contribution in [2.24, 2.45) is 0 Å². The molecule has 0 fully saturated rings. The molecule has 1 rings (SSSR count). The van der Waals surface area contributed by atoms with E-state index >= 15 is 0 Å². The zero-order valence-electron chi connectivity index (χ0n) is 17.9. The van der Waals surface area contributed by atoms with Gasteiger partial charge in [0.2, 0.25) is 0 Å². The maximum atomic E-state index is 5.36. The monoisotopic (exact) mass is 419 g/mol. The second-order valence-electron chi connectivity index (χ2n) is 5.74. The Kier molecular flexibility index (Phi) is 14.7. The number of anilines is 1. The Hall–Kier alpha value is -0.786. The molecular weight excluding hydrogens is 382 g/mol. The van der Waals surface area contributed by atoms with E-state index in [0.717, 1.165) is 37.2 Å². The van der Waals surface area contributed by atoms with Crippen molar-refractivity contribution in [2.75, 3.05) is 54.5 Å². The summed E-state index contributed by atoms with van der Waals surface area (Å²) in [6, 6.07) is 11.8. The third kappa shape index (κ3) is 9.81. The number of nitrogens with one attached hydrogen (secondary N) is 1. The second kappa shape index (κ2) is 15.2. The molecule has 0 spiro atoms. The van der Waals surface area contributed by atoms with E-state index in [1.807, 2.05) is 30.3 Å². The first-order valence-corrected chi connectivity index (χ1v) is 13.0. The molecule has 0 heterocycles. The minimum atomic E-state index is -2.40. The van der Waals surface area contributed by atoms with E-state index in [-0.39, 0.29) is 0 Å². The highest BCUT2D eigenvalue weighted by atomic mass is 28.4. The molecule has 0 saturated carbocycles. The van der Waals surface area contributed by atoms with Crippen LogP contribution < -0.4 is 5.32 Å². The first-order chi connectivity index (χ1) is 13.0. The first kappa shape index (κ1) is 26.2. The molecule has 1 N–H and O–H groups in total. The van der Waals surface area contributed by atoms with Gasteiger partial charge in [0.15, 0.2) is 0 Å². The van der Waals surface area contributed by atoms with Crippen LogP contribution in [0.4, 0.5) is 5.69 Å². The molecule has 0 saturated heterocycles. The molecule has 158 valence electrons. The fourth-order valence-electron chi connectivity index (χ4n) is 2.51. The van der Waals surface area contributed by atoms with Gasteiger partial charge in [0.25, 0.3) is 0 Å². The van der Waals surface area contributed by atoms with Gasteiger partial charge in [-0.1, -0.05) is 31.5 Å². The summed E-state index contributed by atoms with van der Waals surface area (Å²) in [5.41, 5.74) is 1.13. The summed E-state index contributed by atoms with van der Waals surface area (Å²) in [7, 11) is 5.22. The lowest BCUT2D eigenvalue weighted by atomic mass is 10.3. The Bertz CT molecular complexity index is 442. The molecule has 0 bridgehead atoms. The van der Waals surface area contributed by atoms with Crippen molar-refractivity contribution in [1.29, 1.82) is 0 Å². The Morgan fingerprint density at radius 1 is 0.704 bits per heavy atom. The summed E-state index contributed by atoms with van der Waals surface area (Å²) in [5.74, 6) is 0. The van der Waals surface area contributed by atoms with Gasteiger partial charge in [0, 0.05) is 67.0 Å². The van der Waals surface area contributed by atoms with Crippen LogP contribution in [0.5, 0.6) is 0 Å². The third-order valence-corrected chi connectivity index (χ3v) is 10.00. The van der Waals surface area contributed by atoms with Gasteiger partial charge in [-0.2, -0.15) is 0 Å². The SMILES string of the molecule is CCC[Si](OC)(OC)OC.CO[Si](CCCNc1ccccc1)(OC)OC. The number of para-hydroxylation sites is 1. The minimum Gasteiger partial charge on any atom is -0.385 e. The molecule has 0 amide bonds. The zero-order chi connectivity index (χ0) is 20.6. The Morgan fingerprint density at radius 3 is 1.52 bits per heavy atom. The lowest BCUT2D eigenvalue weighted by Gasteiger charge is -2.24. The average molecular weight is 420 g/mol. The Morgan fingerprint density at radius 2 is 1.15 bits per heavy atom. The average Bonchev–Trinajstić information content (AvgIpc) is 2.74. The van der Waals surface area contributed by atoms with Crippen molar-refractivity contribution in [3.63, 3.8) is 0 Å². The smallest absolute Gasteiger partial charge is 0.385 e. The Balaban J connectivity index is 0.000000580. The molecule has 0 aliphatic carbocycles. The fourth-order valence-corrected chi connectivity index (χ4v) is 5.96. The summed E-state index contributed by atoms with van der Waals surface area (Å²) < 4.78 is 31.6. The number of rotatable bonds is 13. The van der Waals surface area contributed by atoms with Crippen LogP contribution in [-0.2, 0) is 26.6 Å². The molecule has 0 radical (unpaired) electrons. The molecule has 0 aromatic heterocycles. The highest BCUT2D eigenvalue weighted by Crippen LogP contribution is 2.15. The van der Waals surface area contributed by atoms with Crippen LogP contribution in [0.25, 0.3) is 0 Å². The van der Waals surface area contributed by atoms with Crippen molar-refractivity contribution in [2.45, 2.75) is 31.9 Å². The standard InChI is InChI=1S/C12H21NO3Si.C6H16O3Si/c1-14-17(15-2,16-3)11-7-10-13-12-8-5-4-6-9-12;1-5-6-10(7-2,8-3)9-4/h4-6,8-9,13H,7,10-11H2,1-3H3;5-6H2,1-4H3. The van der Waals surface area contributed by atoms with Gasteiger partial charge < -0.3 is 31.9 Å². The predicted molar refractivity (Wildman–Crippen MR) is 113 cm³/mol. The van der Waals surface area contributed by atoms with Gasteiger partial charge in [-0.15, -0.1) is 0 Å². The molecule has 0 atom stereocenters. The van der Waals surface area contributed by atoms with E-state index in [1.165, 1.54) is 0 Å². The molecule has 0 aliphatic heterocycles. The maximum absolute atomic E-state index is 5.36. The van der Waals surface area contributed by atoms with Crippen LogP contribution >= 0.6 is 0 Å². The molecule has 7 nitrogen and oxygen atoms in total. The van der Waals surface area contributed by atoms with E-state index in [2.05, 4.69) is 12.2 Å². The molecule has 1 aromatic carbocycles. The van der Waals surface area contributed by atoms with E-state index in [9.17, 15) is 0 Å². The van der Waals surface area contributed by atoms with Crippen LogP contribution in [0.2, 0.25) is 12.1 Å². The lowest BCUT2D eigenvalue weighted by Crippen LogP contribution is -2.42. The van der Waals surface area contributed by atoms with Gasteiger partial charge in [0.05, 0.1) is 0 Å². The molecule has 27 heavy (non-hydrogen) atoms. The first-order valence-electron chi connectivity index (χ1n) is 9.10. The zero-order valence-corrected chi connectivity index (χ0v) is 19.9. The maximum Gasteiger partial charge on any atom is 0.500 e. The van der Waals surface area contributed by atoms with Crippen LogP contribution in [-0.4, -0.2) is 66.8 Å². The van der Waals surface area contributed by atoms with Gasteiger partial charge in [-0.3, -0.25) is 0 Å². The molecule has 9 heteroatoms. The van der Waals surface area contributed by atoms with Crippen LogP contribution in [0.15, 0.2) is 30.3 Å². The summed E-state index contributed by atoms with van der Waals surface area (Å²) in [4.78, 5) is 0. The third-order valence-electron chi connectivity index (χ3n) is 4.18. The Labute approximate surface area is 167 Å². The molecular formula is C18H37NO6Si2. The fraction of sp³-hybridized carbons (Fsp3) is 0.667. The number of hydrogen-bond donors (Lipinski definition) is 1. The van der Waals surface area contributed by atoms with Gasteiger partial charge in [-0.25, -0.2) is 0 Å². The van der Waals surface area contributed by atoms with Crippen LogP contribution in [0.3, 0.4) is 0 Å². The van der Waals surface area contributed by atoms with Crippen molar-refractivity contribution in [3.8, 4) is 0 Å². The minimum absolute atomic E-state index is 0.816. The van der Waals surface area contributed by atoms with Gasteiger partial charge >= 0.3 is 17.6 Å². The summed E-state index contributed by atoms with van der Waals surface area (Å²) in [6.07, 6.45) is 1.98. The molecule has 0 aliphatic rings. The van der Waals surface area contributed by atoms with Crippen molar-refractivity contribution < 1.29 is 26.6 Å².